The van der Waals surface area contributed by atoms with E-state index in [0.29, 0.717) is 17.2 Å². The number of ether oxygens (including phenoxy) is 1. The average Bonchev–Trinajstić information content (AvgIpc) is 2.38. The molecule has 3 nitrogen and oxygen atoms in total. The molecule has 1 atom stereocenters. The Bertz CT molecular complexity index is 611. The Morgan fingerprint density at radius 3 is 2.63 bits per heavy atom. The van der Waals surface area contributed by atoms with Crippen molar-refractivity contribution < 1.29 is 8.95 Å². The van der Waals surface area contributed by atoms with Crippen molar-refractivity contribution in [2.75, 3.05) is 12.8 Å². The average molecular weight is 275 g/mol. The second kappa shape index (κ2) is 5.89. The van der Waals surface area contributed by atoms with Crippen LogP contribution in [0.1, 0.15) is 11.1 Å². The summed E-state index contributed by atoms with van der Waals surface area (Å²) in [6.07, 6.45) is 0. The number of benzene rings is 2. The molecule has 0 saturated heterocycles. The maximum absolute atomic E-state index is 12.4. The zero-order chi connectivity index (χ0) is 13.8. The van der Waals surface area contributed by atoms with Crippen LogP contribution in [-0.2, 0) is 16.6 Å². The fourth-order valence-corrected chi connectivity index (χ4v) is 3.21. The van der Waals surface area contributed by atoms with E-state index in [4.69, 9.17) is 10.5 Å². The smallest absolute Gasteiger partial charge is 0.121 e. The van der Waals surface area contributed by atoms with Crippen LogP contribution in [0.15, 0.2) is 47.4 Å². The van der Waals surface area contributed by atoms with Crippen molar-refractivity contribution in [2.24, 2.45) is 0 Å². The molecule has 0 fully saturated rings. The normalized spacial score (nSPS) is 12.1. The molecule has 0 radical (unpaired) electrons. The number of aryl methyl sites for hydroxylation is 1. The highest BCUT2D eigenvalue weighted by Gasteiger charge is 2.09. The Morgan fingerprint density at radius 1 is 1.21 bits per heavy atom. The van der Waals surface area contributed by atoms with E-state index in [1.165, 1.54) is 0 Å². The first-order valence-electron chi connectivity index (χ1n) is 5.97. The summed E-state index contributed by atoms with van der Waals surface area (Å²) in [6, 6.07) is 13.2. The summed E-state index contributed by atoms with van der Waals surface area (Å²) < 4.78 is 17.5. The lowest BCUT2D eigenvalue weighted by Crippen LogP contribution is -2.00. The molecule has 0 amide bonds. The number of anilines is 1. The third kappa shape index (κ3) is 3.35. The van der Waals surface area contributed by atoms with Crippen molar-refractivity contribution in [1.82, 2.24) is 0 Å². The molecule has 19 heavy (non-hydrogen) atoms. The summed E-state index contributed by atoms with van der Waals surface area (Å²) >= 11 is 0. The van der Waals surface area contributed by atoms with E-state index in [1.54, 1.807) is 13.2 Å². The van der Waals surface area contributed by atoms with Gasteiger partial charge in [-0.25, -0.2) is 0 Å². The fourth-order valence-electron chi connectivity index (χ4n) is 1.93. The van der Waals surface area contributed by atoms with Crippen LogP contribution in [0.5, 0.6) is 5.75 Å². The van der Waals surface area contributed by atoms with Gasteiger partial charge >= 0.3 is 0 Å². The van der Waals surface area contributed by atoms with Gasteiger partial charge in [0.05, 0.1) is 23.7 Å². The van der Waals surface area contributed by atoms with E-state index < -0.39 is 10.8 Å². The van der Waals surface area contributed by atoms with Crippen LogP contribution >= 0.6 is 0 Å². The lowest BCUT2D eigenvalue weighted by molar-refractivity contribution is 0.414. The van der Waals surface area contributed by atoms with E-state index in [0.717, 1.165) is 16.0 Å². The number of hydrogen-bond donors (Lipinski definition) is 1. The summed E-state index contributed by atoms with van der Waals surface area (Å²) in [5, 5.41) is 0. The van der Waals surface area contributed by atoms with Crippen LogP contribution < -0.4 is 10.5 Å². The first-order chi connectivity index (χ1) is 9.10. The second-order valence-corrected chi connectivity index (χ2v) is 5.79. The van der Waals surface area contributed by atoms with Crippen LogP contribution in [0.2, 0.25) is 0 Å². The molecule has 1 unspecified atom stereocenters. The molecular weight excluding hydrogens is 258 g/mol. The van der Waals surface area contributed by atoms with Crippen LogP contribution in [0.3, 0.4) is 0 Å². The van der Waals surface area contributed by atoms with Crippen molar-refractivity contribution >= 4 is 16.5 Å². The lowest BCUT2D eigenvalue weighted by atomic mass is 10.2. The van der Waals surface area contributed by atoms with E-state index in [9.17, 15) is 4.21 Å². The molecule has 0 saturated carbocycles. The summed E-state index contributed by atoms with van der Waals surface area (Å²) in [7, 11) is 0.519. The second-order valence-electron chi connectivity index (χ2n) is 4.37. The Kier molecular flexibility index (Phi) is 4.22. The monoisotopic (exact) mass is 275 g/mol. The van der Waals surface area contributed by atoms with Gasteiger partial charge in [-0.2, -0.15) is 0 Å². The van der Waals surface area contributed by atoms with Crippen LogP contribution in [0.4, 0.5) is 5.69 Å². The van der Waals surface area contributed by atoms with E-state index >= 15 is 0 Å². The Balaban J connectivity index is 2.24. The number of hydrogen-bond acceptors (Lipinski definition) is 3. The van der Waals surface area contributed by atoms with Crippen molar-refractivity contribution in [3.8, 4) is 5.75 Å². The largest absolute Gasteiger partial charge is 0.497 e. The molecular formula is C15H17NO2S. The fraction of sp³-hybridized carbons (Fsp3) is 0.200. The summed E-state index contributed by atoms with van der Waals surface area (Å²) in [6.45, 7) is 1.97. The molecule has 2 rings (SSSR count). The molecule has 0 aromatic heterocycles. The standard InChI is InChI=1S/C15H17NO2S/c1-11-5-3-4-6-15(11)19(17)10-12-7-13(16)9-14(8-12)18-2/h3-9H,10,16H2,1-2H3. The topological polar surface area (TPSA) is 52.3 Å². The zero-order valence-corrected chi connectivity index (χ0v) is 11.9. The van der Waals surface area contributed by atoms with Gasteiger partial charge in [0.1, 0.15) is 5.75 Å². The van der Waals surface area contributed by atoms with Gasteiger partial charge in [-0.05, 0) is 36.2 Å². The molecule has 0 bridgehead atoms. The molecule has 0 aliphatic heterocycles. The van der Waals surface area contributed by atoms with E-state index in [1.807, 2.05) is 43.3 Å². The van der Waals surface area contributed by atoms with E-state index in [-0.39, 0.29) is 0 Å². The SMILES string of the molecule is COc1cc(N)cc(CS(=O)c2ccccc2C)c1. The summed E-state index contributed by atoms with van der Waals surface area (Å²) in [4.78, 5) is 0.865. The Labute approximate surface area is 115 Å². The minimum Gasteiger partial charge on any atom is -0.497 e. The number of methoxy groups -OCH3 is 1. The summed E-state index contributed by atoms with van der Waals surface area (Å²) in [5.74, 6) is 1.13. The third-order valence-electron chi connectivity index (χ3n) is 2.86. The predicted molar refractivity (Wildman–Crippen MR) is 78.7 cm³/mol. The molecule has 4 heteroatoms. The van der Waals surface area contributed by atoms with Gasteiger partial charge in [0.2, 0.25) is 0 Å². The van der Waals surface area contributed by atoms with Crippen molar-refractivity contribution in [2.45, 2.75) is 17.6 Å². The molecule has 100 valence electrons. The van der Waals surface area contributed by atoms with Gasteiger partial charge in [-0.1, -0.05) is 18.2 Å². The number of nitrogens with two attached hydrogens (primary N) is 1. The molecule has 0 aliphatic rings. The lowest BCUT2D eigenvalue weighted by Gasteiger charge is -2.08. The first-order valence-corrected chi connectivity index (χ1v) is 7.29. The predicted octanol–water partition coefficient (Wildman–Crippen LogP) is 2.89. The Hall–Kier alpha value is -1.81. The zero-order valence-electron chi connectivity index (χ0n) is 11.1. The quantitative estimate of drug-likeness (QED) is 0.873. The van der Waals surface area contributed by atoms with Gasteiger partial charge in [0.25, 0.3) is 0 Å². The van der Waals surface area contributed by atoms with Crippen LogP contribution in [0.25, 0.3) is 0 Å². The maximum atomic E-state index is 12.4. The highest BCUT2D eigenvalue weighted by molar-refractivity contribution is 7.84. The minimum absolute atomic E-state index is 0.437. The van der Waals surface area contributed by atoms with E-state index in [2.05, 4.69) is 0 Å². The minimum atomic E-state index is -1.08. The summed E-state index contributed by atoms with van der Waals surface area (Å²) in [5.41, 5.74) is 8.38. The van der Waals surface area contributed by atoms with Crippen LogP contribution in [-0.4, -0.2) is 11.3 Å². The Morgan fingerprint density at radius 2 is 1.95 bits per heavy atom. The van der Waals surface area contributed by atoms with Gasteiger partial charge in [-0.15, -0.1) is 0 Å². The van der Waals surface area contributed by atoms with Crippen molar-refractivity contribution in [3.63, 3.8) is 0 Å². The maximum Gasteiger partial charge on any atom is 0.121 e. The molecule has 2 aromatic carbocycles. The van der Waals surface area contributed by atoms with Gasteiger partial charge < -0.3 is 10.5 Å². The number of nitrogen functional groups attached to an aromatic ring is 1. The molecule has 2 aromatic rings. The molecule has 0 spiro atoms. The highest BCUT2D eigenvalue weighted by atomic mass is 32.2. The van der Waals surface area contributed by atoms with Crippen LogP contribution in [0, 0.1) is 6.92 Å². The first kappa shape index (κ1) is 13.6. The van der Waals surface area contributed by atoms with Gasteiger partial charge in [-0.3, -0.25) is 4.21 Å². The van der Waals surface area contributed by atoms with Crippen molar-refractivity contribution in [1.29, 1.82) is 0 Å². The van der Waals surface area contributed by atoms with Gasteiger partial charge in [0, 0.05) is 16.6 Å². The molecule has 0 heterocycles. The molecule has 2 N–H and O–H groups in total. The highest BCUT2D eigenvalue weighted by Crippen LogP contribution is 2.22. The number of rotatable bonds is 4. The molecule has 0 aliphatic carbocycles. The third-order valence-corrected chi connectivity index (χ3v) is 4.41. The van der Waals surface area contributed by atoms with Crippen molar-refractivity contribution in [3.05, 3.63) is 53.6 Å². The van der Waals surface area contributed by atoms with Gasteiger partial charge in [0.15, 0.2) is 0 Å².